The first-order chi connectivity index (χ1) is 19.6. The summed E-state index contributed by atoms with van der Waals surface area (Å²) in [4.78, 5) is 5.02. The fraction of sp³-hybridized carbons (Fsp3) is 0.205. The van der Waals surface area contributed by atoms with Crippen LogP contribution < -0.4 is 0 Å². The number of nitrogens with zero attached hydrogens (tertiary/aromatic N) is 1. The van der Waals surface area contributed by atoms with Crippen molar-refractivity contribution in [2.24, 2.45) is 11.8 Å². The first-order valence-corrected chi connectivity index (χ1v) is 14.8. The molecule has 0 amide bonds. The third kappa shape index (κ3) is 4.71. The van der Waals surface area contributed by atoms with Gasteiger partial charge in [0.1, 0.15) is 0 Å². The molecule has 0 radical (unpaired) electrons. The van der Waals surface area contributed by atoms with Gasteiger partial charge in [0, 0.05) is 16.9 Å². The molecule has 1 aromatic heterocycles. The van der Waals surface area contributed by atoms with E-state index < -0.39 is 0 Å². The molecule has 0 N–H and O–H groups in total. The normalized spacial score (nSPS) is 20.4. The number of allylic oxidation sites excluding steroid dienone is 5. The van der Waals surface area contributed by atoms with Crippen molar-refractivity contribution in [3.05, 3.63) is 132 Å². The standard InChI is InChI=1S/C39H35N/c1-3-27-8-10-29(11-9-27)32-15-13-30-14-16-34(25-37(30)26(2)22-32)33-18-20-38-36(24-33)19-21-39(40-38)35-17-12-28-6-4-5-7-31(28)23-35/h4-8,10-21,23-27,32H,3,9,22H2,1-2H3. The van der Waals surface area contributed by atoms with Gasteiger partial charge in [-0.25, -0.2) is 4.98 Å². The molecule has 4 aromatic carbocycles. The number of aromatic nitrogens is 1. The quantitative estimate of drug-likeness (QED) is 0.231. The monoisotopic (exact) mass is 517 g/mol. The Labute approximate surface area is 237 Å². The van der Waals surface area contributed by atoms with Gasteiger partial charge in [0.25, 0.3) is 0 Å². The number of fused-ring (bicyclic) bond motifs is 3. The van der Waals surface area contributed by atoms with E-state index in [-0.39, 0.29) is 0 Å². The number of rotatable bonds is 4. The molecule has 3 unspecified atom stereocenters. The Kier molecular flexibility index (Phi) is 6.44. The van der Waals surface area contributed by atoms with Gasteiger partial charge in [-0.3, -0.25) is 0 Å². The number of hydrogen-bond donors (Lipinski definition) is 0. The van der Waals surface area contributed by atoms with Crippen LogP contribution in [0.2, 0.25) is 0 Å². The average Bonchev–Trinajstić information content (AvgIpc) is 3.18. The Morgan fingerprint density at radius 2 is 1.50 bits per heavy atom. The summed E-state index contributed by atoms with van der Waals surface area (Å²) in [5.41, 5.74) is 10.0. The van der Waals surface area contributed by atoms with Gasteiger partial charge in [0.05, 0.1) is 11.2 Å². The van der Waals surface area contributed by atoms with Crippen LogP contribution in [-0.4, -0.2) is 4.98 Å². The van der Waals surface area contributed by atoms with Gasteiger partial charge < -0.3 is 0 Å². The minimum atomic E-state index is 0.489. The van der Waals surface area contributed by atoms with Crippen molar-refractivity contribution in [3.63, 3.8) is 0 Å². The average molecular weight is 518 g/mol. The van der Waals surface area contributed by atoms with Crippen molar-refractivity contribution >= 4 is 27.8 Å². The summed E-state index contributed by atoms with van der Waals surface area (Å²) in [6.45, 7) is 4.67. The van der Waals surface area contributed by atoms with Crippen LogP contribution >= 0.6 is 0 Å². The second-order valence-corrected chi connectivity index (χ2v) is 11.6. The molecule has 40 heavy (non-hydrogen) atoms. The third-order valence-electron chi connectivity index (χ3n) is 8.97. The molecule has 0 bridgehead atoms. The molecule has 2 aliphatic carbocycles. The van der Waals surface area contributed by atoms with E-state index in [9.17, 15) is 0 Å². The van der Waals surface area contributed by atoms with E-state index in [0.29, 0.717) is 17.8 Å². The predicted molar refractivity (Wildman–Crippen MR) is 171 cm³/mol. The van der Waals surface area contributed by atoms with E-state index in [4.69, 9.17) is 4.98 Å². The molecule has 1 nitrogen and oxygen atoms in total. The number of pyridine rings is 1. The summed E-state index contributed by atoms with van der Waals surface area (Å²) >= 11 is 0. The predicted octanol–water partition coefficient (Wildman–Crippen LogP) is 10.8. The van der Waals surface area contributed by atoms with E-state index >= 15 is 0 Å². The van der Waals surface area contributed by atoms with E-state index in [0.717, 1.165) is 23.2 Å². The molecule has 0 saturated heterocycles. The molecule has 196 valence electrons. The maximum atomic E-state index is 5.02. The molecular weight excluding hydrogens is 482 g/mol. The largest absolute Gasteiger partial charge is 0.248 e. The van der Waals surface area contributed by atoms with Crippen LogP contribution in [-0.2, 0) is 0 Å². The van der Waals surface area contributed by atoms with Crippen molar-refractivity contribution in [1.29, 1.82) is 0 Å². The SMILES string of the molecule is CCC1C=CC(C2C=Cc3ccc(-c4ccc5nc(-c6ccc7ccccc7c6)ccc5c4)cc3C(C)C2)=CC1. The topological polar surface area (TPSA) is 12.9 Å². The molecule has 0 fully saturated rings. The molecule has 1 heteroatoms. The van der Waals surface area contributed by atoms with Gasteiger partial charge in [-0.1, -0.05) is 111 Å². The molecule has 3 atom stereocenters. The van der Waals surface area contributed by atoms with Crippen LogP contribution in [0, 0.1) is 11.8 Å². The molecule has 2 aliphatic rings. The maximum Gasteiger partial charge on any atom is 0.0709 e. The lowest BCUT2D eigenvalue weighted by Crippen LogP contribution is -2.07. The maximum absolute atomic E-state index is 5.02. The lowest BCUT2D eigenvalue weighted by Gasteiger charge is -2.22. The molecule has 0 spiro atoms. The highest BCUT2D eigenvalue weighted by Gasteiger charge is 2.22. The fourth-order valence-electron chi connectivity index (χ4n) is 6.46. The van der Waals surface area contributed by atoms with Crippen molar-refractivity contribution in [3.8, 4) is 22.4 Å². The Balaban J connectivity index is 1.15. The first-order valence-electron chi connectivity index (χ1n) is 14.8. The van der Waals surface area contributed by atoms with E-state index in [1.807, 2.05) is 0 Å². The molecule has 0 aliphatic heterocycles. The third-order valence-corrected chi connectivity index (χ3v) is 8.97. The molecule has 1 heterocycles. The van der Waals surface area contributed by atoms with E-state index in [2.05, 4.69) is 135 Å². The summed E-state index contributed by atoms with van der Waals surface area (Å²) in [7, 11) is 0. The Hall–Kier alpha value is -4.23. The highest BCUT2D eigenvalue weighted by Crippen LogP contribution is 2.39. The minimum Gasteiger partial charge on any atom is -0.248 e. The van der Waals surface area contributed by atoms with Gasteiger partial charge in [0.2, 0.25) is 0 Å². The van der Waals surface area contributed by atoms with Gasteiger partial charge in [-0.05, 0) is 94.0 Å². The van der Waals surface area contributed by atoms with Crippen LogP contribution in [0.4, 0.5) is 0 Å². The Morgan fingerprint density at radius 3 is 2.35 bits per heavy atom. The minimum absolute atomic E-state index is 0.489. The molecular formula is C39H35N. The van der Waals surface area contributed by atoms with Crippen LogP contribution in [0.1, 0.15) is 50.2 Å². The summed E-state index contributed by atoms with van der Waals surface area (Å²) in [6, 6.07) is 33.1. The zero-order valence-electron chi connectivity index (χ0n) is 23.3. The van der Waals surface area contributed by atoms with Gasteiger partial charge in [0.15, 0.2) is 0 Å². The lowest BCUT2D eigenvalue weighted by atomic mass is 9.83. The number of hydrogen-bond acceptors (Lipinski definition) is 1. The lowest BCUT2D eigenvalue weighted by molar-refractivity contribution is 0.578. The summed E-state index contributed by atoms with van der Waals surface area (Å²) in [6.07, 6.45) is 15.6. The van der Waals surface area contributed by atoms with Gasteiger partial charge in [-0.15, -0.1) is 0 Å². The smallest absolute Gasteiger partial charge is 0.0709 e. The fourth-order valence-corrected chi connectivity index (χ4v) is 6.46. The molecule has 7 rings (SSSR count). The van der Waals surface area contributed by atoms with E-state index in [1.54, 1.807) is 0 Å². The van der Waals surface area contributed by atoms with Crippen molar-refractivity contribution < 1.29 is 0 Å². The van der Waals surface area contributed by atoms with Gasteiger partial charge in [-0.2, -0.15) is 0 Å². The van der Waals surface area contributed by atoms with Crippen LogP contribution in [0.3, 0.4) is 0 Å². The zero-order chi connectivity index (χ0) is 27.1. The summed E-state index contributed by atoms with van der Waals surface area (Å²) < 4.78 is 0. The van der Waals surface area contributed by atoms with Crippen LogP contribution in [0.15, 0.2) is 121 Å². The van der Waals surface area contributed by atoms with Crippen molar-refractivity contribution in [2.45, 2.75) is 39.0 Å². The summed E-state index contributed by atoms with van der Waals surface area (Å²) in [5.74, 6) is 1.70. The first kappa shape index (κ1) is 24.8. The zero-order valence-corrected chi connectivity index (χ0v) is 23.3. The second kappa shape index (κ2) is 10.4. The summed E-state index contributed by atoms with van der Waals surface area (Å²) in [5, 5.41) is 3.67. The van der Waals surface area contributed by atoms with Crippen molar-refractivity contribution in [2.75, 3.05) is 0 Å². The van der Waals surface area contributed by atoms with Crippen LogP contribution in [0.25, 0.3) is 50.1 Å². The Morgan fingerprint density at radius 1 is 0.725 bits per heavy atom. The molecule has 5 aromatic rings. The Bertz CT molecular complexity index is 1820. The highest BCUT2D eigenvalue weighted by molar-refractivity contribution is 5.90. The van der Waals surface area contributed by atoms with Crippen molar-refractivity contribution in [1.82, 2.24) is 4.98 Å². The number of benzene rings is 4. The molecule has 0 saturated carbocycles. The van der Waals surface area contributed by atoms with E-state index in [1.165, 1.54) is 56.8 Å². The van der Waals surface area contributed by atoms with Gasteiger partial charge >= 0.3 is 0 Å². The second-order valence-electron chi connectivity index (χ2n) is 11.6. The highest BCUT2D eigenvalue weighted by atomic mass is 14.7. The van der Waals surface area contributed by atoms with Crippen LogP contribution in [0.5, 0.6) is 0 Å².